The van der Waals surface area contributed by atoms with Crippen LogP contribution in [0.1, 0.15) is 51.9 Å². The molecule has 2 saturated carbocycles. The summed E-state index contributed by atoms with van der Waals surface area (Å²) >= 11 is 0. The van der Waals surface area contributed by atoms with Crippen molar-refractivity contribution in [1.82, 2.24) is 0 Å². The van der Waals surface area contributed by atoms with Gasteiger partial charge >= 0.3 is 0 Å². The molecule has 1 aromatic carbocycles. The van der Waals surface area contributed by atoms with Crippen molar-refractivity contribution < 1.29 is 4.79 Å². The Balaban J connectivity index is 1.58. The Morgan fingerprint density at radius 2 is 1.86 bits per heavy atom. The molecule has 1 aromatic rings. The van der Waals surface area contributed by atoms with Gasteiger partial charge in [-0.1, -0.05) is 25.8 Å². The molecule has 1 amide bonds. The highest BCUT2D eigenvalue weighted by Gasteiger charge is 2.29. The number of rotatable bonds is 4. The quantitative estimate of drug-likeness (QED) is 0.805. The lowest BCUT2D eigenvalue weighted by atomic mass is 10.0. The second-order valence-electron chi connectivity index (χ2n) is 6.80. The first-order valence-corrected chi connectivity index (χ1v) is 8.38. The first-order valence-electron chi connectivity index (χ1n) is 8.38. The molecule has 2 unspecified atom stereocenters. The molecule has 0 saturated heterocycles. The number of carbonyl (C=O) groups is 1. The molecule has 0 aliphatic heterocycles. The molecule has 114 valence electrons. The van der Waals surface area contributed by atoms with E-state index in [1.54, 1.807) is 0 Å². The second kappa shape index (κ2) is 6.50. The fraction of sp³-hybridized carbons (Fsp3) is 0.611. The Kier molecular flexibility index (Phi) is 4.47. The van der Waals surface area contributed by atoms with Crippen LogP contribution in [0, 0.1) is 11.8 Å². The van der Waals surface area contributed by atoms with E-state index in [-0.39, 0.29) is 11.8 Å². The third kappa shape index (κ3) is 4.23. The summed E-state index contributed by atoms with van der Waals surface area (Å²) in [5, 5.41) is 6.67. The molecule has 0 aromatic heterocycles. The number of hydrogen-bond donors (Lipinski definition) is 2. The van der Waals surface area contributed by atoms with Gasteiger partial charge in [-0.2, -0.15) is 0 Å². The summed E-state index contributed by atoms with van der Waals surface area (Å²) in [5.41, 5.74) is 2.04. The molecule has 2 aliphatic carbocycles. The van der Waals surface area contributed by atoms with Crippen LogP contribution in [0.25, 0.3) is 0 Å². The van der Waals surface area contributed by atoms with E-state index in [1.165, 1.54) is 32.1 Å². The smallest absolute Gasteiger partial charge is 0.227 e. The molecule has 2 aliphatic rings. The third-order valence-corrected chi connectivity index (χ3v) is 4.71. The van der Waals surface area contributed by atoms with Crippen molar-refractivity contribution in [3.8, 4) is 0 Å². The van der Waals surface area contributed by atoms with E-state index in [4.69, 9.17) is 0 Å². The van der Waals surface area contributed by atoms with E-state index in [0.29, 0.717) is 6.04 Å². The zero-order valence-electron chi connectivity index (χ0n) is 12.9. The standard InChI is InChI=1S/C18H26N2O/c1-13-4-2-5-15(11-8-13)19-16-6-3-7-17(12-16)20-18(21)14-9-10-14/h3,6-7,12-15,19H,2,4-5,8-11H2,1H3,(H,20,21). The fourth-order valence-electron chi connectivity index (χ4n) is 3.14. The summed E-state index contributed by atoms with van der Waals surface area (Å²) in [6.45, 7) is 2.36. The molecule has 3 nitrogen and oxygen atoms in total. The van der Waals surface area contributed by atoms with Gasteiger partial charge in [0.25, 0.3) is 0 Å². The number of carbonyl (C=O) groups excluding carboxylic acids is 1. The van der Waals surface area contributed by atoms with Crippen LogP contribution in [0.4, 0.5) is 11.4 Å². The van der Waals surface area contributed by atoms with E-state index in [1.807, 2.05) is 12.1 Å². The van der Waals surface area contributed by atoms with E-state index >= 15 is 0 Å². The molecule has 0 bridgehead atoms. The topological polar surface area (TPSA) is 41.1 Å². The predicted molar refractivity (Wildman–Crippen MR) is 87.5 cm³/mol. The SMILES string of the molecule is CC1CCCC(Nc2cccc(NC(=O)C3CC3)c2)CC1. The molecule has 3 heteroatoms. The van der Waals surface area contributed by atoms with E-state index in [0.717, 1.165) is 30.1 Å². The van der Waals surface area contributed by atoms with Crippen molar-refractivity contribution in [3.63, 3.8) is 0 Å². The first kappa shape index (κ1) is 14.4. The van der Waals surface area contributed by atoms with Crippen LogP contribution in [-0.4, -0.2) is 11.9 Å². The van der Waals surface area contributed by atoms with Crippen molar-refractivity contribution in [1.29, 1.82) is 0 Å². The van der Waals surface area contributed by atoms with Crippen LogP contribution in [0.2, 0.25) is 0 Å². The van der Waals surface area contributed by atoms with Gasteiger partial charge in [-0.25, -0.2) is 0 Å². The maximum absolute atomic E-state index is 11.8. The fourth-order valence-corrected chi connectivity index (χ4v) is 3.14. The minimum Gasteiger partial charge on any atom is -0.382 e. The molecule has 2 fully saturated rings. The summed E-state index contributed by atoms with van der Waals surface area (Å²) in [7, 11) is 0. The number of anilines is 2. The largest absolute Gasteiger partial charge is 0.382 e. The van der Waals surface area contributed by atoms with Crippen LogP contribution in [0.5, 0.6) is 0 Å². The van der Waals surface area contributed by atoms with Crippen LogP contribution < -0.4 is 10.6 Å². The van der Waals surface area contributed by atoms with Crippen LogP contribution in [0.3, 0.4) is 0 Å². The van der Waals surface area contributed by atoms with Crippen molar-refractivity contribution in [2.45, 2.75) is 57.9 Å². The number of nitrogens with one attached hydrogen (secondary N) is 2. The molecule has 0 spiro atoms. The lowest BCUT2D eigenvalue weighted by Crippen LogP contribution is -2.19. The van der Waals surface area contributed by atoms with Gasteiger partial charge in [-0.3, -0.25) is 4.79 Å². The summed E-state index contributed by atoms with van der Waals surface area (Å²) in [5.74, 6) is 1.29. The maximum Gasteiger partial charge on any atom is 0.227 e. The highest BCUT2D eigenvalue weighted by Crippen LogP contribution is 2.31. The highest BCUT2D eigenvalue weighted by atomic mass is 16.2. The lowest BCUT2D eigenvalue weighted by Gasteiger charge is -2.18. The molecule has 0 radical (unpaired) electrons. The summed E-state index contributed by atoms with van der Waals surface area (Å²) in [6.07, 6.45) is 8.58. The van der Waals surface area contributed by atoms with Gasteiger partial charge in [0.15, 0.2) is 0 Å². The van der Waals surface area contributed by atoms with Gasteiger partial charge in [0.05, 0.1) is 0 Å². The Labute approximate surface area is 127 Å². The maximum atomic E-state index is 11.8. The minimum atomic E-state index is 0.176. The van der Waals surface area contributed by atoms with Crippen molar-refractivity contribution in [3.05, 3.63) is 24.3 Å². The van der Waals surface area contributed by atoms with Crippen LogP contribution in [-0.2, 0) is 4.79 Å². The molecule has 2 atom stereocenters. The van der Waals surface area contributed by atoms with Crippen LogP contribution >= 0.6 is 0 Å². The van der Waals surface area contributed by atoms with Crippen molar-refractivity contribution in [2.75, 3.05) is 10.6 Å². The first-order chi connectivity index (χ1) is 10.2. The minimum absolute atomic E-state index is 0.176. The third-order valence-electron chi connectivity index (χ3n) is 4.71. The monoisotopic (exact) mass is 286 g/mol. The number of hydrogen-bond acceptors (Lipinski definition) is 2. The summed E-state index contributed by atoms with van der Waals surface area (Å²) in [6, 6.07) is 8.73. The van der Waals surface area contributed by atoms with Gasteiger partial charge < -0.3 is 10.6 Å². The zero-order chi connectivity index (χ0) is 14.7. The second-order valence-corrected chi connectivity index (χ2v) is 6.80. The average Bonchev–Trinajstić information content (AvgIpc) is 3.29. The van der Waals surface area contributed by atoms with Crippen molar-refractivity contribution in [2.24, 2.45) is 11.8 Å². The molecule has 2 N–H and O–H groups in total. The van der Waals surface area contributed by atoms with Gasteiger partial charge in [-0.05, 0) is 56.2 Å². The van der Waals surface area contributed by atoms with Gasteiger partial charge in [0.2, 0.25) is 5.91 Å². The molecular weight excluding hydrogens is 260 g/mol. The molecule has 21 heavy (non-hydrogen) atoms. The summed E-state index contributed by atoms with van der Waals surface area (Å²) < 4.78 is 0. The Morgan fingerprint density at radius 3 is 2.67 bits per heavy atom. The van der Waals surface area contributed by atoms with Gasteiger partial charge in [0, 0.05) is 23.3 Å². The molecular formula is C18H26N2O. The number of amides is 1. The van der Waals surface area contributed by atoms with E-state index in [9.17, 15) is 4.79 Å². The van der Waals surface area contributed by atoms with E-state index in [2.05, 4.69) is 29.7 Å². The van der Waals surface area contributed by atoms with Gasteiger partial charge in [0.1, 0.15) is 0 Å². The predicted octanol–water partition coefficient (Wildman–Crippen LogP) is 4.42. The normalized spacial score (nSPS) is 26.0. The highest BCUT2D eigenvalue weighted by molar-refractivity contribution is 5.94. The molecule has 0 heterocycles. The lowest BCUT2D eigenvalue weighted by molar-refractivity contribution is -0.117. The Hall–Kier alpha value is -1.51. The Morgan fingerprint density at radius 1 is 1.05 bits per heavy atom. The number of benzene rings is 1. The molecule has 3 rings (SSSR count). The summed E-state index contributed by atoms with van der Waals surface area (Å²) in [4.78, 5) is 11.8. The zero-order valence-corrected chi connectivity index (χ0v) is 12.9. The Bertz CT molecular complexity index is 496. The van der Waals surface area contributed by atoms with Crippen LogP contribution in [0.15, 0.2) is 24.3 Å². The van der Waals surface area contributed by atoms with Gasteiger partial charge in [-0.15, -0.1) is 0 Å². The average molecular weight is 286 g/mol. The van der Waals surface area contributed by atoms with E-state index < -0.39 is 0 Å². The van der Waals surface area contributed by atoms with Crippen molar-refractivity contribution >= 4 is 17.3 Å².